The molecule has 2 aliphatic rings. The van der Waals surface area contributed by atoms with Crippen molar-refractivity contribution < 1.29 is 24.1 Å². The molecule has 0 saturated heterocycles. The Hall–Kier alpha value is -3.34. The number of amides is 1. The molecule has 1 aliphatic heterocycles. The van der Waals surface area contributed by atoms with Crippen LogP contribution in [0, 0.1) is 5.82 Å². The quantitative estimate of drug-likeness (QED) is 0.299. The molecule has 6 rings (SSSR count). The molecule has 1 unspecified atom stereocenters. The highest BCUT2D eigenvalue weighted by Crippen LogP contribution is 2.50. The third kappa shape index (κ3) is 4.81. The Labute approximate surface area is 245 Å². The SMILES string of the molecule is Cn1cnc(C(C)(O)c2cc(F)c3c(c2)C(=O)N(Cc2ccc(Cl)cn2)[C@@]3(OCC2(O)CC2)c2ccc(Cl)cc2)c1. The first-order valence-electron chi connectivity index (χ1n) is 13.0. The van der Waals surface area contributed by atoms with Crippen LogP contribution in [0.4, 0.5) is 4.39 Å². The van der Waals surface area contributed by atoms with E-state index < -0.39 is 28.7 Å². The van der Waals surface area contributed by atoms with E-state index in [4.69, 9.17) is 27.9 Å². The number of hydrogen-bond acceptors (Lipinski definition) is 6. The predicted octanol–water partition coefficient (Wildman–Crippen LogP) is 4.92. The molecule has 1 amide bonds. The summed E-state index contributed by atoms with van der Waals surface area (Å²) in [7, 11) is 1.76. The number of pyridine rings is 1. The number of carbonyl (C=O) groups is 1. The van der Waals surface area contributed by atoms with Gasteiger partial charge in [-0.15, -0.1) is 0 Å². The van der Waals surface area contributed by atoms with E-state index in [9.17, 15) is 15.0 Å². The van der Waals surface area contributed by atoms with Crippen LogP contribution in [-0.2, 0) is 29.7 Å². The van der Waals surface area contributed by atoms with E-state index >= 15 is 4.39 Å². The van der Waals surface area contributed by atoms with Gasteiger partial charge in [0.25, 0.3) is 5.91 Å². The van der Waals surface area contributed by atoms with Crippen molar-refractivity contribution in [1.82, 2.24) is 19.4 Å². The number of rotatable bonds is 8. The van der Waals surface area contributed by atoms with Crippen molar-refractivity contribution in [3.63, 3.8) is 0 Å². The molecule has 0 radical (unpaired) electrons. The van der Waals surface area contributed by atoms with Crippen LogP contribution in [0.3, 0.4) is 0 Å². The van der Waals surface area contributed by atoms with Gasteiger partial charge in [-0.2, -0.15) is 0 Å². The predicted molar refractivity (Wildman–Crippen MR) is 150 cm³/mol. The molecule has 0 bridgehead atoms. The number of aromatic nitrogens is 3. The number of aliphatic hydroxyl groups is 2. The van der Waals surface area contributed by atoms with Gasteiger partial charge >= 0.3 is 0 Å². The van der Waals surface area contributed by atoms with E-state index in [2.05, 4.69) is 9.97 Å². The van der Waals surface area contributed by atoms with Crippen molar-refractivity contribution in [3.05, 3.63) is 117 Å². The zero-order valence-corrected chi connectivity index (χ0v) is 23.8. The van der Waals surface area contributed by atoms with E-state index in [1.807, 2.05) is 0 Å². The number of carbonyl (C=O) groups excluding carboxylic acids is 1. The van der Waals surface area contributed by atoms with Crippen molar-refractivity contribution in [2.75, 3.05) is 6.61 Å². The lowest BCUT2D eigenvalue weighted by molar-refractivity contribution is -0.139. The Bertz CT molecular complexity index is 1640. The summed E-state index contributed by atoms with van der Waals surface area (Å²) < 4.78 is 24.7. The number of benzene rings is 2. The molecule has 41 heavy (non-hydrogen) atoms. The van der Waals surface area contributed by atoms with Crippen LogP contribution in [0.1, 0.15) is 58.2 Å². The van der Waals surface area contributed by atoms with E-state index in [1.165, 1.54) is 36.5 Å². The zero-order chi connectivity index (χ0) is 29.2. The normalized spacial score (nSPS) is 20.7. The third-order valence-electron chi connectivity index (χ3n) is 7.77. The molecule has 2 N–H and O–H groups in total. The number of ether oxygens (including phenoxy) is 1. The highest BCUT2D eigenvalue weighted by molar-refractivity contribution is 6.30. The maximum atomic E-state index is 16.5. The van der Waals surface area contributed by atoms with Gasteiger partial charge < -0.3 is 19.5 Å². The van der Waals surface area contributed by atoms with Crippen LogP contribution in [0.5, 0.6) is 0 Å². The van der Waals surface area contributed by atoms with Crippen molar-refractivity contribution >= 4 is 29.1 Å². The van der Waals surface area contributed by atoms with Gasteiger partial charge in [0.2, 0.25) is 0 Å². The van der Waals surface area contributed by atoms with Gasteiger partial charge in [0.1, 0.15) is 11.4 Å². The molecule has 1 saturated carbocycles. The number of imidazole rings is 1. The summed E-state index contributed by atoms with van der Waals surface area (Å²) in [6.45, 7) is 1.30. The van der Waals surface area contributed by atoms with E-state index in [0.29, 0.717) is 39.8 Å². The average molecular weight is 597 g/mol. The number of aryl methyl sites for hydroxylation is 1. The van der Waals surface area contributed by atoms with Gasteiger partial charge in [-0.25, -0.2) is 9.37 Å². The molecule has 11 heteroatoms. The third-order valence-corrected chi connectivity index (χ3v) is 8.25. The van der Waals surface area contributed by atoms with Gasteiger partial charge in [-0.1, -0.05) is 35.3 Å². The van der Waals surface area contributed by atoms with Gasteiger partial charge in [0, 0.05) is 30.0 Å². The molecule has 1 aliphatic carbocycles. The minimum atomic E-state index is -1.77. The van der Waals surface area contributed by atoms with Crippen molar-refractivity contribution in [3.8, 4) is 0 Å². The lowest BCUT2D eigenvalue weighted by Gasteiger charge is -2.40. The highest BCUT2D eigenvalue weighted by Gasteiger charge is 2.56. The van der Waals surface area contributed by atoms with Crippen LogP contribution in [0.25, 0.3) is 0 Å². The van der Waals surface area contributed by atoms with Crippen molar-refractivity contribution in [1.29, 1.82) is 0 Å². The van der Waals surface area contributed by atoms with Gasteiger partial charge in [0.05, 0.1) is 52.6 Å². The monoisotopic (exact) mass is 596 g/mol. The minimum absolute atomic E-state index is 0.0166. The maximum Gasteiger partial charge on any atom is 0.257 e. The first kappa shape index (κ1) is 27.8. The molecule has 2 aromatic carbocycles. The fourth-order valence-electron chi connectivity index (χ4n) is 5.22. The summed E-state index contributed by atoms with van der Waals surface area (Å²) in [5.41, 5.74) is -3.17. The standard InChI is InChI=1S/C30H27Cl2FN4O4/c1-28(39,25-15-36(2)17-35-25)19-11-23-26(24(33)12-19)30(41-16-29(40)9-10-29,18-3-5-20(31)6-4-18)37(27(23)38)14-22-8-7-21(32)13-34-22/h3-8,11-13,15,17,39-40H,9-10,14,16H2,1-2H3/t28?,30-/m1/s1. The number of nitrogens with zero attached hydrogens (tertiary/aromatic N) is 4. The first-order valence-corrected chi connectivity index (χ1v) is 13.8. The largest absolute Gasteiger partial charge is 0.387 e. The number of hydrogen-bond donors (Lipinski definition) is 2. The van der Waals surface area contributed by atoms with Crippen LogP contribution in [0.2, 0.25) is 10.0 Å². The second-order valence-electron chi connectivity index (χ2n) is 10.9. The number of halogens is 3. The lowest BCUT2D eigenvalue weighted by Crippen LogP contribution is -2.48. The lowest BCUT2D eigenvalue weighted by atomic mass is 9.87. The Kier molecular flexibility index (Phi) is 6.71. The van der Waals surface area contributed by atoms with Crippen LogP contribution in [0.15, 0.2) is 67.3 Å². The topological polar surface area (TPSA) is 101 Å². The molecule has 1 fully saturated rings. The minimum Gasteiger partial charge on any atom is -0.387 e. The van der Waals surface area contributed by atoms with Gasteiger partial charge in [-0.3, -0.25) is 14.7 Å². The summed E-state index contributed by atoms with van der Waals surface area (Å²) in [4.78, 5) is 24.3. The molecular weight excluding hydrogens is 570 g/mol. The Morgan fingerprint density at radius 1 is 1.10 bits per heavy atom. The van der Waals surface area contributed by atoms with Crippen LogP contribution < -0.4 is 0 Å². The Morgan fingerprint density at radius 3 is 2.41 bits per heavy atom. The molecule has 0 spiro atoms. The van der Waals surface area contributed by atoms with E-state index in [-0.39, 0.29) is 29.8 Å². The highest BCUT2D eigenvalue weighted by atomic mass is 35.5. The molecule has 4 aromatic rings. The molecular formula is C30H27Cl2FN4O4. The summed E-state index contributed by atoms with van der Waals surface area (Å²) in [5, 5.41) is 23.1. The summed E-state index contributed by atoms with van der Waals surface area (Å²) in [6.07, 6.45) is 5.67. The Morgan fingerprint density at radius 2 is 1.80 bits per heavy atom. The first-order chi connectivity index (χ1) is 19.4. The molecule has 2 atom stereocenters. The summed E-state index contributed by atoms with van der Waals surface area (Å²) in [5.74, 6) is -1.29. The Balaban J connectivity index is 1.56. The summed E-state index contributed by atoms with van der Waals surface area (Å²) >= 11 is 12.3. The zero-order valence-electron chi connectivity index (χ0n) is 22.3. The second kappa shape index (κ2) is 9.89. The molecule has 212 valence electrons. The van der Waals surface area contributed by atoms with Gasteiger partial charge in [-0.05, 0) is 61.7 Å². The summed E-state index contributed by atoms with van der Waals surface area (Å²) in [6, 6.07) is 12.6. The molecule has 2 aromatic heterocycles. The molecule has 3 heterocycles. The van der Waals surface area contributed by atoms with E-state index in [1.54, 1.807) is 54.2 Å². The van der Waals surface area contributed by atoms with Crippen LogP contribution in [-0.4, -0.2) is 47.8 Å². The van der Waals surface area contributed by atoms with Crippen molar-refractivity contribution in [2.24, 2.45) is 7.05 Å². The number of fused-ring (bicyclic) bond motifs is 1. The maximum absolute atomic E-state index is 16.5. The van der Waals surface area contributed by atoms with Crippen molar-refractivity contribution in [2.45, 2.75) is 43.2 Å². The van der Waals surface area contributed by atoms with Crippen LogP contribution >= 0.6 is 23.2 Å². The fraction of sp³-hybridized carbons (Fsp3) is 0.300. The van der Waals surface area contributed by atoms with Gasteiger partial charge in [0.15, 0.2) is 5.72 Å². The molecule has 8 nitrogen and oxygen atoms in total. The average Bonchev–Trinajstić information content (AvgIpc) is 3.42. The van der Waals surface area contributed by atoms with E-state index in [0.717, 1.165) is 0 Å². The second-order valence-corrected chi connectivity index (χ2v) is 11.8. The smallest absolute Gasteiger partial charge is 0.257 e. The fourth-order valence-corrected chi connectivity index (χ4v) is 5.46.